The van der Waals surface area contributed by atoms with Gasteiger partial charge >= 0.3 is 6.18 Å². The van der Waals surface area contributed by atoms with Gasteiger partial charge in [-0.1, -0.05) is 26.8 Å². The lowest BCUT2D eigenvalue weighted by Crippen LogP contribution is -2.14. The molecule has 0 spiro atoms. The van der Waals surface area contributed by atoms with Gasteiger partial charge in [-0.05, 0) is 42.0 Å². The average molecular weight is 377 g/mol. The molecular formula is C20H22F3N3O. The summed E-state index contributed by atoms with van der Waals surface area (Å²) in [7, 11) is 0. The molecule has 144 valence electrons. The largest absolute Gasteiger partial charge is 0.493 e. The Labute approximate surface area is 156 Å². The summed E-state index contributed by atoms with van der Waals surface area (Å²) in [5, 5.41) is 4.14. The second-order valence-electron chi connectivity index (χ2n) is 7.20. The van der Waals surface area contributed by atoms with E-state index in [0.717, 1.165) is 12.5 Å². The van der Waals surface area contributed by atoms with Crippen molar-refractivity contribution < 1.29 is 17.9 Å². The highest BCUT2D eigenvalue weighted by Gasteiger charge is 2.35. The zero-order valence-corrected chi connectivity index (χ0v) is 15.5. The molecule has 0 N–H and O–H groups in total. The first-order valence-electron chi connectivity index (χ1n) is 8.88. The van der Waals surface area contributed by atoms with Crippen LogP contribution in [0.25, 0.3) is 16.8 Å². The molecule has 0 radical (unpaired) electrons. The highest BCUT2D eigenvalue weighted by Crippen LogP contribution is 2.39. The molecule has 0 saturated carbocycles. The van der Waals surface area contributed by atoms with Crippen molar-refractivity contribution in [3.05, 3.63) is 48.4 Å². The predicted molar refractivity (Wildman–Crippen MR) is 97.5 cm³/mol. The normalized spacial score (nSPS) is 13.3. The zero-order chi connectivity index (χ0) is 19.6. The van der Waals surface area contributed by atoms with Crippen molar-refractivity contribution in [3.8, 4) is 16.9 Å². The minimum absolute atomic E-state index is 0.147. The van der Waals surface area contributed by atoms with Crippen LogP contribution in [-0.4, -0.2) is 21.2 Å². The third-order valence-corrected chi connectivity index (χ3v) is 4.27. The van der Waals surface area contributed by atoms with Gasteiger partial charge in [0.25, 0.3) is 0 Å². The Morgan fingerprint density at radius 3 is 2.67 bits per heavy atom. The van der Waals surface area contributed by atoms with Crippen LogP contribution in [0, 0.1) is 11.8 Å². The SMILES string of the molecule is CC(C)C[C@@H](C)COc1ccc(-c2cnn3cccnc23)cc1C(F)(F)F. The Balaban J connectivity index is 1.93. The Morgan fingerprint density at radius 2 is 1.96 bits per heavy atom. The van der Waals surface area contributed by atoms with E-state index >= 15 is 0 Å². The molecule has 0 aliphatic rings. The number of halogens is 3. The van der Waals surface area contributed by atoms with Crippen LogP contribution >= 0.6 is 0 Å². The van der Waals surface area contributed by atoms with E-state index in [2.05, 4.69) is 23.9 Å². The first-order chi connectivity index (χ1) is 12.8. The molecule has 3 aromatic rings. The van der Waals surface area contributed by atoms with Gasteiger partial charge in [-0.3, -0.25) is 0 Å². The average Bonchev–Trinajstić information content (AvgIpc) is 3.02. The molecular weight excluding hydrogens is 355 g/mol. The molecule has 2 heterocycles. The minimum Gasteiger partial charge on any atom is -0.493 e. The van der Waals surface area contributed by atoms with Crippen molar-refractivity contribution in [3.63, 3.8) is 0 Å². The smallest absolute Gasteiger partial charge is 0.419 e. The molecule has 0 saturated heterocycles. The number of ether oxygens (including phenoxy) is 1. The summed E-state index contributed by atoms with van der Waals surface area (Å²) >= 11 is 0. The molecule has 2 aromatic heterocycles. The molecule has 0 aliphatic carbocycles. The molecule has 27 heavy (non-hydrogen) atoms. The quantitative estimate of drug-likeness (QED) is 0.571. The molecule has 3 rings (SSSR count). The first-order valence-corrected chi connectivity index (χ1v) is 8.88. The highest BCUT2D eigenvalue weighted by atomic mass is 19.4. The summed E-state index contributed by atoms with van der Waals surface area (Å²) in [6.07, 6.45) is 1.18. The van der Waals surface area contributed by atoms with Gasteiger partial charge in [0.05, 0.1) is 18.4 Å². The summed E-state index contributed by atoms with van der Waals surface area (Å²) in [6, 6.07) is 5.81. The molecule has 0 fully saturated rings. The fourth-order valence-electron chi connectivity index (χ4n) is 3.18. The molecule has 7 heteroatoms. The van der Waals surface area contributed by atoms with Gasteiger partial charge in [0.1, 0.15) is 5.75 Å². The fourth-order valence-corrected chi connectivity index (χ4v) is 3.18. The zero-order valence-electron chi connectivity index (χ0n) is 15.5. The Morgan fingerprint density at radius 1 is 1.19 bits per heavy atom. The van der Waals surface area contributed by atoms with E-state index in [0.29, 0.717) is 22.7 Å². The van der Waals surface area contributed by atoms with E-state index < -0.39 is 11.7 Å². The molecule has 0 amide bonds. The van der Waals surface area contributed by atoms with Crippen molar-refractivity contribution in [2.45, 2.75) is 33.4 Å². The van der Waals surface area contributed by atoms with Crippen LogP contribution in [-0.2, 0) is 6.18 Å². The van der Waals surface area contributed by atoms with Crippen molar-refractivity contribution in [2.24, 2.45) is 11.8 Å². The van der Waals surface area contributed by atoms with E-state index in [4.69, 9.17) is 4.74 Å². The van der Waals surface area contributed by atoms with Crippen molar-refractivity contribution in [2.75, 3.05) is 6.61 Å². The second-order valence-corrected chi connectivity index (χ2v) is 7.20. The molecule has 0 unspecified atom stereocenters. The van der Waals surface area contributed by atoms with E-state index in [1.165, 1.54) is 16.8 Å². The van der Waals surface area contributed by atoms with Crippen LogP contribution in [0.15, 0.2) is 42.9 Å². The van der Waals surface area contributed by atoms with Gasteiger partial charge in [0.2, 0.25) is 0 Å². The fraction of sp³-hybridized carbons (Fsp3) is 0.400. The van der Waals surface area contributed by atoms with Crippen molar-refractivity contribution in [1.82, 2.24) is 14.6 Å². The van der Waals surface area contributed by atoms with Gasteiger partial charge in [-0.25, -0.2) is 9.50 Å². The Hall–Kier alpha value is -2.57. The summed E-state index contributed by atoms with van der Waals surface area (Å²) in [5.74, 6) is 0.497. The predicted octanol–water partition coefficient (Wildman–Crippen LogP) is 5.48. The Kier molecular flexibility index (Phi) is 5.39. The number of aromatic nitrogens is 3. The van der Waals surface area contributed by atoms with E-state index in [1.54, 1.807) is 24.5 Å². The van der Waals surface area contributed by atoms with Gasteiger partial charge in [-0.15, -0.1) is 0 Å². The number of nitrogens with zero attached hydrogens (tertiary/aromatic N) is 3. The molecule has 1 aromatic carbocycles. The third kappa shape index (κ3) is 4.40. The van der Waals surface area contributed by atoms with Crippen LogP contribution in [0.5, 0.6) is 5.75 Å². The van der Waals surface area contributed by atoms with E-state index in [9.17, 15) is 13.2 Å². The van der Waals surface area contributed by atoms with Crippen LogP contribution in [0.1, 0.15) is 32.8 Å². The molecule has 4 nitrogen and oxygen atoms in total. The summed E-state index contributed by atoms with van der Waals surface area (Å²) in [4.78, 5) is 4.21. The lowest BCUT2D eigenvalue weighted by molar-refractivity contribution is -0.139. The van der Waals surface area contributed by atoms with Crippen molar-refractivity contribution in [1.29, 1.82) is 0 Å². The highest BCUT2D eigenvalue weighted by molar-refractivity contribution is 5.77. The number of hydrogen-bond acceptors (Lipinski definition) is 3. The monoisotopic (exact) mass is 377 g/mol. The molecule has 0 bridgehead atoms. The number of benzene rings is 1. The lowest BCUT2D eigenvalue weighted by Gasteiger charge is -2.18. The summed E-state index contributed by atoms with van der Waals surface area (Å²) in [6.45, 7) is 6.39. The Bertz CT molecular complexity index is 918. The van der Waals surface area contributed by atoms with Gasteiger partial charge < -0.3 is 4.74 Å². The summed E-state index contributed by atoms with van der Waals surface area (Å²) < 4.78 is 47.9. The molecule has 1 atom stereocenters. The van der Waals surface area contributed by atoms with Gasteiger partial charge in [-0.2, -0.15) is 18.3 Å². The van der Waals surface area contributed by atoms with Crippen LogP contribution in [0.4, 0.5) is 13.2 Å². The van der Waals surface area contributed by atoms with Gasteiger partial charge in [0, 0.05) is 18.0 Å². The maximum absolute atomic E-state index is 13.6. The van der Waals surface area contributed by atoms with E-state index in [1.807, 2.05) is 6.92 Å². The van der Waals surface area contributed by atoms with Crippen LogP contribution in [0.3, 0.4) is 0 Å². The number of rotatable bonds is 6. The summed E-state index contributed by atoms with van der Waals surface area (Å²) in [5.41, 5.74) is 0.663. The third-order valence-electron chi connectivity index (χ3n) is 4.27. The van der Waals surface area contributed by atoms with Gasteiger partial charge in [0.15, 0.2) is 5.65 Å². The number of hydrogen-bond donors (Lipinski definition) is 0. The lowest BCUT2D eigenvalue weighted by atomic mass is 10.00. The minimum atomic E-state index is -4.51. The van der Waals surface area contributed by atoms with Crippen LogP contribution < -0.4 is 4.74 Å². The first kappa shape index (κ1) is 19.2. The second kappa shape index (κ2) is 7.58. The van der Waals surface area contributed by atoms with E-state index in [-0.39, 0.29) is 18.3 Å². The number of alkyl halides is 3. The number of fused-ring (bicyclic) bond motifs is 1. The van der Waals surface area contributed by atoms with Crippen molar-refractivity contribution >= 4 is 5.65 Å². The maximum Gasteiger partial charge on any atom is 0.419 e. The van der Waals surface area contributed by atoms with Crippen LogP contribution in [0.2, 0.25) is 0 Å². The topological polar surface area (TPSA) is 39.4 Å². The standard InChI is InChI=1S/C20H22F3N3O/c1-13(2)9-14(3)12-27-18-6-5-15(10-17(18)20(21,22)23)16-11-25-26-8-4-7-24-19(16)26/h4-8,10-11,13-14H,9,12H2,1-3H3/t14-/m1/s1. The maximum atomic E-state index is 13.6. The molecule has 0 aliphatic heterocycles.